The molecule has 0 aliphatic rings. The first kappa shape index (κ1) is 22.4. The molecule has 0 atom stereocenters. The predicted octanol–water partition coefficient (Wildman–Crippen LogP) is 5.85. The van der Waals surface area contributed by atoms with Crippen LogP contribution in [0, 0.1) is 5.82 Å². The fourth-order valence-corrected chi connectivity index (χ4v) is 4.11. The second-order valence-corrected chi connectivity index (χ2v) is 7.59. The van der Waals surface area contributed by atoms with Crippen molar-refractivity contribution >= 4 is 44.5 Å². The minimum atomic E-state index is -0.794. The lowest BCUT2D eigenvalue weighted by Crippen LogP contribution is -2.46. The van der Waals surface area contributed by atoms with E-state index in [0.717, 1.165) is 10.6 Å². The lowest BCUT2D eigenvalue weighted by Gasteiger charge is -2.23. The van der Waals surface area contributed by atoms with Gasteiger partial charge in [-0.2, -0.15) is 5.01 Å². The zero-order valence-corrected chi connectivity index (χ0v) is 19.2. The van der Waals surface area contributed by atoms with Crippen LogP contribution in [0.25, 0.3) is 22.2 Å². The van der Waals surface area contributed by atoms with Gasteiger partial charge in [-0.1, -0.05) is 70.5 Å². The van der Waals surface area contributed by atoms with Gasteiger partial charge in [-0.15, -0.1) is 0 Å². The number of fused-ring (bicyclic) bond motifs is 1. The van der Waals surface area contributed by atoms with E-state index >= 15 is 4.39 Å². The monoisotopic (exact) mass is 507 g/mol. The van der Waals surface area contributed by atoms with E-state index in [9.17, 15) is 9.59 Å². The number of aromatic nitrogens is 1. The number of nitrogens with one attached hydrogen (secondary N) is 1. The Hall–Kier alpha value is -3.78. The van der Waals surface area contributed by atoms with Crippen molar-refractivity contribution in [2.24, 2.45) is 0 Å². The summed E-state index contributed by atoms with van der Waals surface area (Å²) in [5, 5.41) is 1.29. The van der Waals surface area contributed by atoms with Crippen molar-refractivity contribution in [3.63, 3.8) is 0 Å². The number of carbonyl (C=O) groups is 2. The third-order valence-corrected chi connectivity index (χ3v) is 5.62. The molecule has 166 valence electrons. The van der Waals surface area contributed by atoms with E-state index in [1.54, 1.807) is 42.5 Å². The van der Waals surface area contributed by atoms with Gasteiger partial charge in [-0.3, -0.25) is 10.2 Å². The molecular formula is C25H19BrFN3O3. The molecule has 1 heterocycles. The fraction of sp³-hybridized carbons (Fsp3) is 0.0800. The van der Waals surface area contributed by atoms with Crippen molar-refractivity contribution < 1.29 is 18.7 Å². The van der Waals surface area contributed by atoms with Crippen molar-refractivity contribution in [3.05, 3.63) is 95.8 Å². The SMILES string of the molecule is COC(=O)N(NC(=O)c1c(CBr)c(-c2ccccc2)nc2cccc(F)c12)c1ccccc1. The molecule has 0 saturated carbocycles. The summed E-state index contributed by atoms with van der Waals surface area (Å²) in [5.74, 6) is -1.26. The number of carbonyl (C=O) groups excluding carboxylic acids is 2. The number of rotatable bonds is 4. The predicted molar refractivity (Wildman–Crippen MR) is 129 cm³/mol. The van der Waals surface area contributed by atoms with Crippen LogP contribution >= 0.6 is 15.9 Å². The molecule has 0 fully saturated rings. The second-order valence-electron chi connectivity index (χ2n) is 7.03. The number of hydrogen-bond acceptors (Lipinski definition) is 4. The van der Waals surface area contributed by atoms with Crippen molar-refractivity contribution in [1.82, 2.24) is 10.4 Å². The van der Waals surface area contributed by atoms with Gasteiger partial charge in [0.1, 0.15) is 5.82 Å². The molecule has 4 aromatic rings. The second kappa shape index (κ2) is 9.79. The van der Waals surface area contributed by atoms with E-state index in [0.29, 0.717) is 22.5 Å². The van der Waals surface area contributed by atoms with Gasteiger partial charge in [0.15, 0.2) is 0 Å². The zero-order chi connectivity index (χ0) is 23.4. The maximum atomic E-state index is 15.0. The van der Waals surface area contributed by atoms with Gasteiger partial charge < -0.3 is 4.74 Å². The molecule has 33 heavy (non-hydrogen) atoms. The van der Waals surface area contributed by atoms with Gasteiger partial charge >= 0.3 is 6.09 Å². The largest absolute Gasteiger partial charge is 0.451 e. The number of ether oxygens (including phenoxy) is 1. The van der Waals surface area contributed by atoms with Crippen LogP contribution in [0.4, 0.5) is 14.9 Å². The molecule has 0 aliphatic carbocycles. The molecular weight excluding hydrogens is 489 g/mol. The van der Waals surface area contributed by atoms with Gasteiger partial charge in [-0.05, 0) is 24.3 Å². The van der Waals surface area contributed by atoms with Crippen LogP contribution in [-0.4, -0.2) is 24.1 Å². The number of methoxy groups -OCH3 is 1. The Labute approximate surface area is 198 Å². The Kier molecular flexibility index (Phi) is 6.65. The number of pyridine rings is 1. The number of anilines is 1. The summed E-state index contributed by atoms with van der Waals surface area (Å²) in [6, 6.07) is 22.3. The van der Waals surface area contributed by atoms with Crippen LogP contribution in [-0.2, 0) is 10.1 Å². The van der Waals surface area contributed by atoms with Crippen molar-refractivity contribution in [3.8, 4) is 11.3 Å². The number of para-hydroxylation sites is 1. The van der Waals surface area contributed by atoms with Gasteiger partial charge in [-0.25, -0.2) is 14.2 Å². The minimum Gasteiger partial charge on any atom is -0.451 e. The van der Waals surface area contributed by atoms with Crippen molar-refractivity contribution in [1.29, 1.82) is 0 Å². The highest BCUT2D eigenvalue weighted by atomic mass is 79.9. The van der Waals surface area contributed by atoms with Crippen LogP contribution < -0.4 is 10.4 Å². The molecule has 6 nitrogen and oxygen atoms in total. The summed E-state index contributed by atoms with van der Waals surface area (Å²) in [7, 11) is 1.21. The summed E-state index contributed by atoms with van der Waals surface area (Å²) >= 11 is 3.44. The lowest BCUT2D eigenvalue weighted by molar-refractivity contribution is 0.0941. The van der Waals surface area contributed by atoms with Crippen molar-refractivity contribution in [2.75, 3.05) is 12.1 Å². The Balaban J connectivity index is 1.91. The Morgan fingerprint density at radius 3 is 2.30 bits per heavy atom. The molecule has 0 saturated heterocycles. The van der Waals surface area contributed by atoms with E-state index in [-0.39, 0.29) is 16.3 Å². The number of hydrogen-bond donors (Lipinski definition) is 1. The molecule has 0 aliphatic heterocycles. The molecule has 2 amide bonds. The van der Waals surface area contributed by atoms with E-state index < -0.39 is 17.8 Å². The van der Waals surface area contributed by atoms with Crippen LogP contribution in [0.3, 0.4) is 0 Å². The number of benzene rings is 3. The van der Waals surface area contributed by atoms with E-state index in [1.165, 1.54) is 13.2 Å². The third-order valence-electron chi connectivity index (χ3n) is 5.05. The van der Waals surface area contributed by atoms with Gasteiger partial charge in [0.05, 0.1) is 29.6 Å². The molecule has 0 spiro atoms. The molecule has 1 aromatic heterocycles. The van der Waals surface area contributed by atoms with Gasteiger partial charge in [0, 0.05) is 21.8 Å². The molecule has 1 N–H and O–H groups in total. The van der Waals surface area contributed by atoms with Gasteiger partial charge in [0.25, 0.3) is 5.91 Å². The normalized spacial score (nSPS) is 10.6. The van der Waals surface area contributed by atoms with E-state index in [4.69, 9.17) is 4.74 Å². The standard InChI is InChI=1S/C25H19BrFN3O3/c1-33-25(32)30(17-11-6-3-7-12-17)29-24(31)21-18(15-26)23(16-9-4-2-5-10-16)28-20-14-8-13-19(27)22(20)21/h2-14H,15H2,1H3,(H,29,31). The first-order valence-electron chi connectivity index (χ1n) is 10.0. The molecule has 4 rings (SSSR count). The van der Waals surface area contributed by atoms with Crippen LogP contribution in [0.2, 0.25) is 0 Å². The lowest BCUT2D eigenvalue weighted by atomic mass is 9.97. The average Bonchev–Trinajstić information content (AvgIpc) is 2.86. The molecule has 8 heteroatoms. The Bertz CT molecular complexity index is 1320. The molecule has 0 bridgehead atoms. The summed E-state index contributed by atoms with van der Waals surface area (Å²) in [5.41, 5.74) is 5.19. The van der Waals surface area contributed by atoms with Crippen molar-refractivity contribution in [2.45, 2.75) is 5.33 Å². The van der Waals surface area contributed by atoms with Gasteiger partial charge in [0.2, 0.25) is 0 Å². The number of alkyl halides is 1. The summed E-state index contributed by atoms with van der Waals surface area (Å²) in [4.78, 5) is 30.7. The summed E-state index contributed by atoms with van der Waals surface area (Å²) in [6.07, 6.45) is -0.794. The summed E-state index contributed by atoms with van der Waals surface area (Å²) in [6.45, 7) is 0. The quantitative estimate of drug-likeness (QED) is 0.277. The minimum absolute atomic E-state index is 0.0713. The number of amides is 2. The fourth-order valence-electron chi connectivity index (χ4n) is 3.57. The molecule has 0 unspecified atom stereocenters. The maximum absolute atomic E-state index is 15.0. The topological polar surface area (TPSA) is 71.5 Å². The third kappa shape index (κ3) is 4.42. The summed E-state index contributed by atoms with van der Waals surface area (Å²) < 4.78 is 19.8. The number of nitrogens with zero attached hydrogens (tertiary/aromatic N) is 2. The highest BCUT2D eigenvalue weighted by molar-refractivity contribution is 9.08. The van der Waals surface area contributed by atoms with Crippen LogP contribution in [0.5, 0.6) is 0 Å². The average molecular weight is 508 g/mol. The van der Waals surface area contributed by atoms with E-state index in [2.05, 4.69) is 26.3 Å². The first-order chi connectivity index (χ1) is 16.0. The first-order valence-corrected chi connectivity index (χ1v) is 11.1. The molecule has 3 aromatic carbocycles. The zero-order valence-electron chi connectivity index (χ0n) is 17.6. The smallest absolute Gasteiger partial charge is 0.433 e. The number of halogens is 2. The Morgan fingerprint density at radius 2 is 1.67 bits per heavy atom. The van der Waals surface area contributed by atoms with Crippen LogP contribution in [0.15, 0.2) is 78.9 Å². The Morgan fingerprint density at radius 1 is 1.00 bits per heavy atom. The highest BCUT2D eigenvalue weighted by Gasteiger charge is 2.26. The van der Waals surface area contributed by atoms with E-state index in [1.807, 2.05) is 30.3 Å². The number of hydrazine groups is 1. The van der Waals surface area contributed by atoms with Crippen LogP contribution in [0.1, 0.15) is 15.9 Å². The molecule has 0 radical (unpaired) electrons. The highest BCUT2D eigenvalue weighted by Crippen LogP contribution is 2.33. The maximum Gasteiger partial charge on any atom is 0.433 e.